The maximum atomic E-state index is 10.4. The van der Waals surface area contributed by atoms with Gasteiger partial charge in [-0.25, -0.2) is 4.98 Å². The van der Waals surface area contributed by atoms with Gasteiger partial charge in [0.1, 0.15) is 5.82 Å². The normalized spacial score (nSPS) is 9.64. The van der Waals surface area contributed by atoms with Crippen LogP contribution in [0.1, 0.15) is 15.9 Å². The van der Waals surface area contributed by atoms with Crippen LogP contribution in [0.15, 0.2) is 6.20 Å². The minimum atomic E-state index is 0.176. The largest absolute Gasteiger partial charge is 0.383 e. The van der Waals surface area contributed by atoms with Gasteiger partial charge in [-0.15, -0.1) is 0 Å². The Kier molecular flexibility index (Phi) is 2.10. The lowest BCUT2D eigenvalue weighted by molar-refractivity contribution is 0.112. The molecule has 0 saturated carbocycles. The van der Waals surface area contributed by atoms with Crippen LogP contribution in [-0.2, 0) is 0 Å². The first-order chi connectivity index (χ1) is 5.16. The smallest absolute Gasteiger partial charge is 0.155 e. The Labute approximate surface area is 69.2 Å². The second-order valence-electron chi connectivity index (χ2n) is 2.17. The number of nitrogens with two attached hydrogens (primary N) is 1. The van der Waals surface area contributed by atoms with Crippen molar-refractivity contribution in [3.63, 3.8) is 0 Å². The summed E-state index contributed by atoms with van der Waals surface area (Å²) in [4.78, 5) is 14.2. The summed E-state index contributed by atoms with van der Waals surface area (Å²) < 4.78 is 0. The van der Waals surface area contributed by atoms with Gasteiger partial charge in [-0.3, -0.25) is 4.79 Å². The average Bonchev–Trinajstić information content (AvgIpc) is 1.99. The number of aryl methyl sites for hydroxylation is 1. The van der Waals surface area contributed by atoms with Gasteiger partial charge in [0, 0.05) is 6.20 Å². The third kappa shape index (κ3) is 1.33. The second kappa shape index (κ2) is 2.88. The third-order valence-corrected chi connectivity index (χ3v) is 1.88. The number of nitrogen functional groups attached to an aromatic ring is 1. The minimum absolute atomic E-state index is 0.176. The van der Waals surface area contributed by atoms with Crippen molar-refractivity contribution in [3.05, 3.63) is 22.3 Å². The SMILES string of the molecule is Cc1cnc(N)c(C=O)c1Cl. The Hall–Kier alpha value is -1.09. The molecule has 0 atom stereocenters. The molecule has 0 unspecified atom stereocenters. The maximum Gasteiger partial charge on any atom is 0.155 e. The predicted octanol–water partition coefficient (Wildman–Crippen LogP) is 1.44. The average molecular weight is 171 g/mol. The number of aldehydes is 1. The number of hydrogen-bond acceptors (Lipinski definition) is 3. The fourth-order valence-corrected chi connectivity index (χ4v) is 0.920. The Morgan fingerprint density at radius 3 is 2.82 bits per heavy atom. The van der Waals surface area contributed by atoms with Crippen molar-refractivity contribution < 1.29 is 4.79 Å². The van der Waals surface area contributed by atoms with Crippen LogP contribution in [0.25, 0.3) is 0 Å². The lowest BCUT2D eigenvalue weighted by atomic mass is 10.2. The van der Waals surface area contributed by atoms with E-state index in [1.54, 1.807) is 6.92 Å². The van der Waals surface area contributed by atoms with Gasteiger partial charge in [-0.05, 0) is 12.5 Å². The van der Waals surface area contributed by atoms with E-state index in [1.807, 2.05) is 0 Å². The fourth-order valence-electron chi connectivity index (χ4n) is 0.730. The number of carbonyl (C=O) groups is 1. The van der Waals surface area contributed by atoms with E-state index in [4.69, 9.17) is 17.3 Å². The first-order valence-electron chi connectivity index (χ1n) is 3.02. The van der Waals surface area contributed by atoms with Crippen molar-refractivity contribution in [2.45, 2.75) is 6.92 Å². The molecule has 0 aliphatic carbocycles. The zero-order valence-electron chi connectivity index (χ0n) is 5.97. The van der Waals surface area contributed by atoms with Crippen LogP contribution >= 0.6 is 11.6 Å². The Morgan fingerprint density at radius 1 is 1.73 bits per heavy atom. The Morgan fingerprint density at radius 2 is 2.36 bits per heavy atom. The van der Waals surface area contributed by atoms with Gasteiger partial charge in [0.25, 0.3) is 0 Å². The van der Waals surface area contributed by atoms with Crippen LogP contribution in [-0.4, -0.2) is 11.3 Å². The second-order valence-corrected chi connectivity index (χ2v) is 2.55. The van der Waals surface area contributed by atoms with Gasteiger partial charge in [0.05, 0.1) is 10.6 Å². The summed E-state index contributed by atoms with van der Waals surface area (Å²) in [5.41, 5.74) is 6.40. The molecule has 3 nitrogen and oxygen atoms in total. The molecule has 1 heterocycles. The highest BCUT2D eigenvalue weighted by Crippen LogP contribution is 2.21. The van der Waals surface area contributed by atoms with E-state index in [0.29, 0.717) is 11.3 Å². The highest BCUT2D eigenvalue weighted by molar-refractivity contribution is 6.34. The number of rotatable bonds is 1. The van der Waals surface area contributed by atoms with E-state index in [9.17, 15) is 4.79 Å². The van der Waals surface area contributed by atoms with Crippen LogP contribution in [0.5, 0.6) is 0 Å². The Balaban J connectivity index is 3.40. The Bertz CT molecular complexity index is 299. The molecule has 4 heteroatoms. The number of halogens is 1. The molecule has 0 bridgehead atoms. The lowest BCUT2D eigenvalue weighted by Crippen LogP contribution is -1.98. The van der Waals surface area contributed by atoms with E-state index < -0.39 is 0 Å². The van der Waals surface area contributed by atoms with Gasteiger partial charge < -0.3 is 5.73 Å². The molecule has 1 aromatic heterocycles. The summed E-state index contributed by atoms with van der Waals surface area (Å²) in [5, 5.41) is 0.382. The first kappa shape index (κ1) is 8.01. The van der Waals surface area contributed by atoms with Gasteiger partial charge in [-0.1, -0.05) is 11.6 Å². The topological polar surface area (TPSA) is 56.0 Å². The molecule has 2 N–H and O–H groups in total. The molecule has 0 aliphatic heterocycles. The molecule has 1 rings (SSSR count). The summed E-state index contributed by atoms with van der Waals surface area (Å²) >= 11 is 5.75. The number of nitrogens with zero attached hydrogens (tertiary/aromatic N) is 1. The molecule has 0 aromatic carbocycles. The van der Waals surface area contributed by atoms with Crippen LogP contribution < -0.4 is 5.73 Å². The van der Waals surface area contributed by atoms with Crippen molar-refractivity contribution >= 4 is 23.7 Å². The van der Waals surface area contributed by atoms with Crippen molar-refractivity contribution in [2.75, 3.05) is 5.73 Å². The van der Waals surface area contributed by atoms with Crippen LogP contribution in [0, 0.1) is 6.92 Å². The summed E-state index contributed by atoms with van der Waals surface area (Å²) in [6.45, 7) is 1.77. The molecule has 0 spiro atoms. The van der Waals surface area contributed by atoms with Crippen molar-refractivity contribution in [1.82, 2.24) is 4.98 Å². The molecule has 0 radical (unpaired) electrons. The minimum Gasteiger partial charge on any atom is -0.383 e. The van der Waals surface area contributed by atoms with Gasteiger partial charge in [-0.2, -0.15) is 0 Å². The highest BCUT2D eigenvalue weighted by atomic mass is 35.5. The molecule has 0 aliphatic rings. The summed E-state index contributed by atoms with van der Waals surface area (Å²) in [5.74, 6) is 0.176. The molecule has 0 saturated heterocycles. The summed E-state index contributed by atoms with van der Waals surface area (Å²) in [6, 6.07) is 0. The first-order valence-corrected chi connectivity index (χ1v) is 3.40. The number of pyridine rings is 1. The van der Waals surface area contributed by atoms with E-state index >= 15 is 0 Å². The zero-order chi connectivity index (χ0) is 8.43. The quantitative estimate of drug-likeness (QED) is 0.649. The third-order valence-electron chi connectivity index (χ3n) is 1.37. The van der Waals surface area contributed by atoms with Crippen LogP contribution in [0.2, 0.25) is 5.02 Å². The van der Waals surface area contributed by atoms with E-state index in [1.165, 1.54) is 6.20 Å². The van der Waals surface area contributed by atoms with E-state index in [-0.39, 0.29) is 11.4 Å². The van der Waals surface area contributed by atoms with Gasteiger partial charge in [0.2, 0.25) is 0 Å². The lowest BCUT2D eigenvalue weighted by Gasteiger charge is -2.01. The molecular weight excluding hydrogens is 164 g/mol. The van der Waals surface area contributed by atoms with Crippen LogP contribution in [0.4, 0.5) is 5.82 Å². The van der Waals surface area contributed by atoms with Gasteiger partial charge in [0.15, 0.2) is 6.29 Å². The van der Waals surface area contributed by atoms with E-state index in [0.717, 1.165) is 5.56 Å². The van der Waals surface area contributed by atoms with Crippen molar-refractivity contribution in [3.8, 4) is 0 Å². The standard InChI is InChI=1S/C7H7ClN2O/c1-4-2-10-7(9)5(3-11)6(4)8/h2-3H,1H3,(H2,9,10). The van der Waals surface area contributed by atoms with Gasteiger partial charge >= 0.3 is 0 Å². The molecular formula is C7H7ClN2O. The fraction of sp³-hybridized carbons (Fsp3) is 0.143. The zero-order valence-corrected chi connectivity index (χ0v) is 6.72. The van der Waals surface area contributed by atoms with Crippen LogP contribution in [0.3, 0.4) is 0 Å². The summed E-state index contributed by atoms with van der Waals surface area (Å²) in [6.07, 6.45) is 2.14. The van der Waals surface area contributed by atoms with Crippen molar-refractivity contribution in [1.29, 1.82) is 0 Å². The van der Waals surface area contributed by atoms with Crippen molar-refractivity contribution in [2.24, 2.45) is 0 Å². The maximum absolute atomic E-state index is 10.4. The molecule has 0 fully saturated rings. The molecule has 11 heavy (non-hydrogen) atoms. The number of hydrogen-bond donors (Lipinski definition) is 1. The predicted molar refractivity (Wildman–Crippen MR) is 43.8 cm³/mol. The molecule has 0 amide bonds. The number of aromatic nitrogens is 1. The summed E-state index contributed by atoms with van der Waals surface area (Å²) in [7, 11) is 0. The number of carbonyl (C=O) groups excluding carboxylic acids is 1. The number of anilines is 1. The molecule has 58 valence electrons. The van der Waals surface area contributed by atoms with E-state index in [2.05, 4.69) is 4.98 Å². The molecule has 1 aromatic rings. The monoisotopic (exact) mass is 170 g/mol. The highest BCUT2D eigenvalue weighted by Gasteiger charge is 2.06.